The monoisotopic (exact) mass is 283 g/mol. The highest BCUT2D eigenvalue weighted by atomic mass is 32.2. The van der Waals surface area contributed by atoms with Gasteiger partial charge in [0.2, 0.25) is 0 Å². The molecule has 4 heteroatoms. The second kappa shape index (κ2) is 9.98. The molecule has 0 aliphatic carbocycles. The lowest BCUT2D eigenvalue weighted by atomic mass is 10.1. The highest BCUT2D eigenvalue weighted by Crippen LogP contribution is 2.28. The molecule has 0 saturated carbocycles. The van der Waals surface area contributed by atoms with E-state index in [1.54, 1.807) is 0 Å². The molecule has 2 N–H and O–H groups in total. The molecule has 1 aromatic rings. The van der Waals surface area contributed by atoms with E-state index in [9.17, 15) is 0 Å². The summed E-state index contributed by atoms with van der Waals surface area (Å²) in [7, 11) is 0. The Bertz CT molecular complexity index is 358. The molecule has 0 aromatic heterocycles. The average Bonchev–Trinajstić information content (AvgIpc) is 2.41. The number of nitrogens with two attached hydrogens (primary N) is 1. The van der Waals surface area contributed by atoms with E-state index < -0.39 is 0 Å². The van der Waals surface area contributed by atoms with Gasteiger partial charge < -0.3 is 15.2 Å². The van der Waals surface area contributed by atoms with Crippen LogP contribution in [0.3, 0.4) is 0 Å². The number of rotatable bonds is 10. The zero-order valence-electron chi connectivity index (χ0n) is 12.0. The standard InChI is InChI=1S/C15H25NO2S/c1-3-17-15-12-13(8-9-16)6-7-14(15)18-10-5-11-19-4-2/h6-7,12H,3-5,8-11,16H2,1-2H3. The van der Waals surface area contributed by atoms with Crippen molar-refractivity contribution in [3.8, 4) is 11.5 Å². The number of hydrogen-bond acceptors (Lipinski definition) is 4. The SMILES string of the molecule is CCOc1cc(CCN)ccc1OCCCSCC. The molecule has 0 spiro atoms. The minimum absolute atomic E-state index is 0.647. The Morgan fingerprint density at radius 2 is 2.00 bits per heavy atom. The van der Waals surface area contributed by atoms with Gasteiger partial charge in [0.15, 0.2) is 11.5 Å². The van der Waals surface area contributed by atoms with E-state index in [4.69, 9.17) is 15.2 Å². The van der Waals surface area contributed by atoms with Crippen LogP contribution in [-0.4, -0.2) is 31.3 Å². The third-order valence-electron chi connectivity index (χ3n) is 2.64. The summed E-state index contributed by atoms with van der Waals surface area (Å²) in [4.78, 5) is 0. The van der Waals surface area contributed by atoms with Crippen LogP contribution in [0.1, 0.15) is 25.8 Å². The average molecular weight is 283 g/mol. The molecular weight excluding hydrogens is 258 g/mol. The molecule has 0 fully saturated rings. The molecule has 3 nitrogen and oxygen atoms in total. The van der Waals surface area contributed by atoms with Crippen LogP contribution in [0.5, 0.6) is 11.5 Å². The normalized spacial score (nSPS) is 10.5. The van der Waals surface area contributed by atoms with Gasteiger partial charge in [-0.15, -0.1) is 0 Å². The Kier molecular flexibility index (Phi) is 8.50. The quantitative estimate of drug-likeness (QED) is 0.670. The van der Waals surface area contributed by atoms with Crippen LogP contribution in [0.2, 0.25) is 0 Å². The summed E-state index contributed by atoms with van der Waals surface area (Å²) in [5, 5.41) is 0. The molecule has 0 atom stereocenters. The Balaban J connectivity index is 2.54. The molecule has 0 heterocycles. The Morgan fingerprint density at radius 1 is 1.16 bits per heavy atom. The van der Waals surface area contributed by atoms with Gasteiger partial charge in [-0.25, -0.2) is 0 Å². The zero-order chi connectivity index (χ0) is 13.9. The fourth-order valence-electron chi connectivity index (χ4n) is 1.75. The smallest absolute Gasteiger partial charge is 0.161 e. The first-order valence-electron chi connectivity index (χ1n) is 6.98. The van der Waals surface area contributed by atoms with Crippen LogP contribution in [0.25, 0.3) is 0 Å². The summed E-state index contributed by atoms with van der Waals surface area (Å²) in [5.74, 6) is 3.98. The Morgan fingerprint density at radius 3 is 2.68 bits per heavy atom. The van der Waals surface area contributed by atoms with Gasteiger partial charge in [0.25, 0.3) is 0 Å². The molecular formula is C15H25NO2S. The largest absolute Gasteiger partial charge is 0.490 e. The maximum absolute atomic E-state index is 5.80. The summed E-state index contributed by atoms with van der Waals surface area (Å²) >= 11 is 1.94. The molecule has 0 bridgehead atoms. The van der Waals surface area contributed by atoms with E-state index in [-0.39, 0.29) is 0 Å². The van der Waals surface area contributed by atoms with Gasteiger partial charge in [0.1, 0.15) is 0 Å². The van der Waals surface area contributed by atoms with Crippen molar-refractivity contribution >= 4 is 11.8 Å². The van der Waals surface area contributed by atoms with Gasteiger partial charge >= 0.3 is 0 Å². The zero-order valence-corrected chi connectivity index (χ0v) is 12.8. The lowest BCUT2D eigenvalue weighted by Crippen LogP contribution is -2.05. The van der Waals surface area contributed by atoms with Gasteiger partial charge in [-0.05, 0) is 55.5 Å². The van der Waals surface area contributed by atoms with Crippen molar-refractivity contribution in [2.75, 3.05) is 31.3 Å². The van der Waals surface area contributed by atoms with Crippen LogP contribution in [0.4, 0.5) is 0 Å². The van der Waals surface area contributed by atoms with Gasteiger partial charge in [-0.2, -0.15) is 11.8 Å². The topological polar surface area (TPSA) is 44.5 Å². The minimum atomic E-state index is 0.647. The van der Waals surface area contributed by atoms with E-state index >= 15 is 0 Å². The van der Waals surface area contributed by atoms with E-state index in [0.29, 0.717) is 13.2 Å². The molecule has 19 heavy (non-hydrogen) atoms. The maximum Gasteiger partial charge on any atom is 0.161 e. The molecule has 0 amide bonds. The molecule has 0 saturated heterocycles. The number of benzene rings is 1. The van der Waals surface area contributed by atoms with Crippen molar-refractivity contribution in [1.29, 1.82) is 0 Å². The highest BCUT2D eigenvalue weighted by Gasteiger charge is 2.06. The number of thioether (sulfide) groups is 1. The number of hydrogen-bond donors (Lipinski definition) is 1. The van der Waals surface area contributed by atoms with Gasteiger partial charge in [0, 0.05) is 0 Å². The molecule has 108 valence electrons. The van der Waals surface area contributed by atoms with Crippen molar-refractivity contribution in [3.05, 3.63) is 23.8 Å². The minimum Gasteiger partial charge on any atom is -0.490 e. The first kappa shape index (κ1) is 16.2. The molecule has 0 radical (unpaired) electrons. The van der Waals surface area contributed by atoms with Crippen molar-refractivity contribution in [2.24, 2.45) is 5.73 Å². The molecule has 1 aromatic carbocycles. The predicted octanol–water partition coefficient (Wildman–Crippen LogP) is 3.11. The van der Waals surface area contributed by atoms with Gasteiger partial charge in [-0.3, -0.25) is 0 Å². The molecule has 0 aliphatic heterocycles. The lowest BCUT2D eigenvalue weighted by Gasteiger charge is -2.13. The Labute approximate surface area is 120 Å². The predicted molar refractivity (Wildman–Crippen MR) is 83.5 cm³/mol. The van der Waals surface area contributed by atoms with Gasteiger partial charge in [-0.1, -0.05) is 13.0 Å². The maximum atomic E-state index is 5.80. The van der Waals surface area contributed by atoms with Crippen molar-refractivity contribution in [2.45, 2.75) is 26.7 Å². The second-order valence-corrected chi connectivity index (χ2v) is 5.55. The molecule has 0 aliphatic rings. The lowest BCUT2D eigenvalue weighted by molar-refractivity contribution is 0.277. The molecule has 1 rings (SSSR count). The summed E-state index contributed by atoms with van der Waals surface area (Å²) in [6.45, 7) is 6.20. The van der Waals surface area contributed by atoms with Crippen LogP contribution in [-0.2, 0) is 6.42 Å². The van der Waals surface area contributed by atoms with E-state index in [1.807, 2.05) is 30.8 Å². The van der Waals surface area contributed by atoms with E-state index in [1.165, 1.54) is 5.56 Å². The summed E-state index contributed by atoms with van der Waals surface area (Å²) in [6.07, 6.45) is 1.93. The van der Waals surface area contributed by atoms with Crippen molar-refractivity contribution < 1.29 is 9.47 Å². The first-order valence-corrected chi connectivity index (χ1v) is 8.13. The summed E-state index contributed by atoms with van der Waals surface area (Å²) in [5.41, 5.74) is 6.77. The summed E-state index contributed by atoms with van der Waals surface area (Å²) in [6, 6.07) is 6.08. The van der Waals surface area contributed by atoms with Crippen LogP contribution < -0.4 is 15.2 Å². The van der Waals surface area contributed by atoms with E-state index in [0.717, 1.165) is 42.5 Å². The molecule has 0 unspecified atom stereocenters. The fourth-order valence-corrected chi connectivity index (χ4v) is 2.36. The first-order chi connectivity index (χ1) is 9.31. The van der Waals surface area contributed by atoms with Crippen molar-refractivity contribution in [1.82, 2.24) is 0 Å². The summed E-state index contributed by atoms with van der Waals surface area (Å²) < 4.78 is 11.4. The van der Waals surface area contributed by atoms with Crippen molar-refractivity contribution in [3.63, 3.8) is 0 Å². The van der Waals surface area contributed by atoms with Crippen LogP contribution in [0.15, 0.2) is 18.2 Å². The van der Waals surface area contributed by atoms with Gasteiger partial charge in [0.05, 0.1) is 13.2 Å². The van der Waals surface area contributed by atoms with Crippen LogP contribution in [0, 0.1) is 0 Å². The Hall–Kier alpha value is -0.870. The third-order valence-corrected chi connectivity index (χ3v) is 3.62. The highest BCUT2D eigenvalue weighted by molar-refractivity contribution is 7.99. The fraction of sp³-hybridized carbons (Fsp3) is 0.600. The van der Waals surface area contributed by atoms with Crippen LogP contribution >= 0.6 is 11.8 Å². The second-order valence-electron chi connectivity index (χ2n) is 4.15. The van der Waals surface area contributed by atoms with E-state index in [2.05, 4.69) is 13.0 Å². The third kappa shape index (κ3) is 6.21. The number of ether oxygens (including phenoxy) is 2.